The third-order valence-electron chi connectivity index (χ3n) is 4.02. The highest BCUT2D eigenvalue weighted by Crippen LogP contribution is 2.09. The molecule has 26 heavy (non-hydrogen) atoms. The number of guanidine groups is 1. The number of halogens is 1. The summed E-state index contributed by atoms with van der Waals surface area (Å²) >= 11 is 0. The number of ether oxygens (including phenoxy) is 1. The summed E-state index contributed by atoms with van der Waals surface area (Å²) in [5.41, 5.74) is 1.04. The summed E-state index contributed by atoms with van der Waals surface area (Å²) in [6.45, 7) is 10.9. The van der Waals surface area contributed by atoms with Gasteiger partial charge in [-0.3, -0.25) is 4.79 Å². The second-order valence-electron chi connectivity index (χ2n) is 6.02. The minimum absolute atomic E-state index is 0. The molecule has 0 spiro atoms. The topological polar surface area (TPSA) is 70.1 Å². The number of aromatic nitrogens is 1. The lowest BCUT2D eigenvalue weighted by Gasteiger charge is -2.36. The molecule has 1 aromatic heterocycles. The van der Waals surface area contributed by atoms with Crippen molar-refractivity contribution in [3.8, 4) is 5.88 Å². The molecule has 0 saturated carbocycles. The maximum absolute atomic E-state index is 11.4. The van der Waals surface area contributed by atoms with E-state index in [1.807, 2.05) is 23.2 Å². The van der Waals surface area contributed by atoms with Crippen LogP contribution < -0.4 is 10.1 Å². The number of piperazine rings is 1. The first-order chi connectivity index (χ1) is 12.1. The van der Waals surface area contributed by atoms with Crippen LogP contribution in [-0.4, -0.2) is 66.0 Å². The highest BCUT2D eigenvalue weighted by atomic mass is 127. The van der Waals surface area contributed by atoms with Crippen LogP contribution in [0, 0.1) is 0 Å². The van der Waals surface area contributed by atoms with Gasteiger partial charge in [0.1, 0.15) is 0 Å². The molecule has 1 aliphatic heterocycles. The Balaban J connectivity index is 0.00000338. The van der Waals surface area contributed by atoms with Crippen LogP contribution in [0.1, 0.15) is 32.8 Å². The average molecular weight is 475 g/mol. The highest BCUT2D eigenvalue weighted by Gasteiger charge is 2.20. The van der Waals surface area contributed by atoms with Gasteiger partial charge in [-0.15, -0.1) is 24.0 Å². The molecule has 1 aromatic rings. The van der Waals surface area contributed by atoms with Crippen molar-refractivity contribution in [3.05, 3.63) is 23.9 Å². The zero-order valence-corrected chi connectivity index (χ0v) is 18.2. The number of carbonyl (C=O) groups excluding carboxylic acids is 1. The molecule has 0 unspecified atom stereocenters. The van der Waals surface area contributed by atoms with E-state index in [4.69, 9.17) is 9.73 Å². The number of aliphatic imine (C=N–C) groups is 1. The van der Waals surface area contributed by atoms with E-state index in [1.165, 1.54) is 0 Å². The zero-order valence-electron chi connectivity index (χ0n) is 15.9. The molecule has 1 amide bonds. The molecule has 0 radical (unpaired) electrons. The normalized spacial score (nSPS) is 14.7. The van der Waals surface area contributed by atoms with Crippen molar-refractivity contribution >= 4 is 35.8 Å². The van der Waals surface area contributed by atoms with Crippen molar-refractivity contribution < 1.29 is 9.53 Å². The van der Waals surface area contributed by atoms with Gasteiger partial charge in [0.25, 0.3) is 0 Å². The minimum Gasteiger partial charge on any atom is -0.478 e. The standard InChI is InChI=1S/C18H29N5O2.HI/c1-4-12-25-17-7-6-16(13-20-17)14-21-18(19-5-2)23-10-8-22(9-11-23)15(3)24;/h6-7,13H,4-5,8-12,14H2,1-3H3,(H,19,21);1H. The van der Waals surface area contributed by atoms with E-state index in [-0.39, 0.29) is 29.9 Å². The molecule has 2 rings (SSSR count). The molecule has 7 nitrogen and oxygen atoms in total. The number of amides is 1. The van der Waals surface area contributed by atoms with Crippen molar-refractivity contribution in [2.24, 2.45) is 4.99 Å². The van der Waals surface area contributed by atoms with Crippen molar-refractivity contribution in [1.82, 2.24) is 20.1 Å². The Bertz CT molecular complexity index is 571. The van der Waals surface area contributed by atoms with E-state index < -0.39 is 0 Å². The Morgan fingerprint density at radius 1 is 1.23 bits per heavy atom. The Kier molecular flexibility index (Phi) is 10.3. The predicted molar refractivity (Wildman–Crippen MR) is 114 cm³/mol. The largest absolute Gasteiger partial charge is 0.478 e. The molecule has 1 fully saturated rings. The van der Waals surface area contributed by atoms with Crippen LogP contribution in [0.4, 0.5) is 0 Å². The fourth-order valence-corrected chi connectivity index (χ4v) is 2.62. The van der Waals surface area contributed by atoms with Gasteiger partial charge in [-0.1, -0.05) is 13.0 Å². The minimum atomic E-state index is 0. The van der Waals surface area contributed by atoms with Gasteiger partial charge in [-0.2, -0.15) is 0 Å². The number of hydrogen-bond acceptors (Lipinski definition) is 4. The van der Waals surface area contributed by atoms with Crippen LogP contribution in [0.3, 0.4) is 0 Å². The first-order valence-corrected chi connectivity index (χ1v) is 9.00. The summed E-state index contributed by atoms with van der Waals surface area (Å²) in [6, 6.07) is 3.89. The lowest BCUT2D eigenvalue weighted by atomic mass is 10.3. The van der Waals surface area contributed by atoms with Gasteiger partial charge in [0, 0.05) is 51.9 Å². The van der Waals surface area contributed by atoms with Crippen LogP contribution in [0.25, 0.3) is 0 Å². The van der Waals surface area contributed by atoms with Gasteiger partial charge >= 0.3 is 0 Å². The first kappa shape index (κ1) is 22.5. The summed E-state index contributed by atoms with van der Waals surface area (Å²) in [6.07, 6.45) is 2.78. The van der Waals surface area contributed by atoms with Crippen LogP contribution in [-0.2, 0) is 11.3 Å². The van der Waals surface area contributed by atoms with Gasteiger partial charge in [-0.25, -0.2) is 9.98 Å². The number of hydrogen-bond donors (Lipinski definition) is 1. The second kappa shape index (κ2) is 11.9. The molecular formula is C18H30IN5O2. The van der Waals surface area contributed by atoms with Crippen molar-refractivity contribution in [3.63, 3.8) is 0 Å². The molecule has 1 saturated heterocycles. The molecule has 0 bridgehead atoms. The molecular weight excluding hydrogens is 445 g/mol. The molecule has 0 atom stereocenters. The fraction of sp³-hybridized carbons (Fsp3) is 0.611. The van der Waals surface area contributed by atoms with Crippen LogP contribution in [0.5, 0.6) is 5.88 Å². The average Bonchev–Trinajstić information content (AvgIpc) is 2.64. The first-order valence-electron chi connectivity index (χ1n) is 9.00. The van der Waals surface area contributed by atoms with E-state index in [1.54, 1.807) is 6.92 Å². The molecule has 1 N–H and O–H groups in total. The Labute approximate surface area is 173 Å². The number of nitrogens with one attached hydrogen (secondary N) is 1. The van der Waals surface area contributed by atoms with E-state index in [9.17, 15) is 4.79 Å². The summed E-state index contributed by atoms with van der Waals surface area (Å²) < 4.78 is 5.50. The summed E-state index contributed by atoms with van der Waals surface area (Å²) in [4.78, 5) is 24.6. The molecule has 0 aromatic carbocycles. The summed E-state index contributed by atoms with van der Waals surface area (Å²) in [5.74, 6) is 1.68. The monoisotopic (exact) mass is 475 g/mol. The van der Waals surface area contributed by atoms with Gasteiger partial charge in [0.15, 0.2) is 5.96 Å². The van der Waals surface area contributed by atoms with Gasteiger partial charge in [-0.05, 0) is 18.9 Å². The Hall–Kier alpha value is -1.58. The zero-order chi connectivity index (χ0) is 18.1. The summed E-state index contributed by atoms with van der Waals surface area (Å²) in [7, 11) is 0. The lowest BCUT2D eigenvalue weighted by Crippen LogP contribution is -2.53. The smallest absolute Gasteiger partial charge is 0.219 e. The number of carbonyl (C=O) groups is 1. The molecule has 0 aliphatic carbocycles. The molecule has 146 valence electrons. The molecule has 1 aliphatic rings. The maximum atomic E-state index is 11.4. The van der Waals surface area contributed by atoms with E-state index in [0.29, 0.717) is 19.0 Å². The van der Waals surface area contributed by atoms with Crippen LogP contribution in [0.2, 0.25) is 0 Å². The van der Waals surface area contributed by atoms with Gasteiger partial charge < -0.3 is 19.9 Å². The van der Waals surface area contributed by atoms with Crippen molar-refractivity contribution in [2.75, 3.05) is 39.3 Å². The molecule has 2 heterocycles. The van der Waals surface area contributed by atoms with E-state index >= 15 is 0 Å². The quantitative estimate of drug-likeness (QED) is 0.388. The number of rotatable bonds is 6. The van der Waals surface area contributed by atoms with E-state index in [2.05, 4.69) is 29.0 Å². The van der Waals surface area contributed by atoms with Gasteiger partial charge in [0.2, 0.25) is 11.8 Å². The SMILES string of the molecule is CCCOc1ccc(CN=C(NCC)N2CCN(C(C)=O)CC2)cn1.I. The van der Waals surface area contributed by atoms with E-state index in [0.717, 1.165) is 50.7 Å². The Morgan fingerprint density at radius 2 is 1.92 bits per heavy atom. The molecule has 8 heteroatoms. The summed E-state index contributed by atoms with van der Waals surface area (Å²) in [5, 5.41) is 3.33. The predicted octanol–water partition coefficient (Wildman–Crippen LogP) is 2.12. The second-order valence-corrected chi connectivity index (χ2v) is 6.02. The van der Waals surface area contributed by atoms with Crippen LogP contribution >= 0.6 is 24.0 Å². The Morgan fingerprint density at radius 3 is 2.46 bits per heavy atom. The van der Waals surface area contributed by atoms with Crippen LogP contribution in [0.15, 0.2) is 23.3 Å². The maximum Gasteiger partial charge on any atom is 0.219 e. The number of pyridine rings is 1. The van der Waals surface area contributed by atoms with Gasteiger partial charge in [0.05, 0.1) is 13.2 Å². The highest BCUT2D eigenvalue weighted by molar-refractivity contribution is 14.0. The van der Waals surface area contributed by atoms with Crippen molar-refractivity contribution in [2.45, 2.75) is 33.7 Å². The fourth-order valence-electron chi connectivity index (χ4n) is 2.62. The lowest BCUT2D eigenvalue weighted by molar-refractivity contribution is -0.130. The third-order valence-corrected chi connectivity index (χ3v) is 4.02. The van der Waals surface area contributed by atoms with Crippen molar-refractivity contribution in [1.29, 1.82) is 0 Å². The number of nitrogens with zero attached hydrogens (tertiary/aromatic N) is 4. The third kappa shape index (κ3) is 6.97.